The number of nitrogens with zero attached hydrogens (tertiary/aromatic N) is 2. The zero-order valence-corrected chi connectivity index (χ0v) is 10.8. The molecule has 1 aliphatic heterocycles. The Morgan fingerprint density at radius 1 is 1.61 bits per heavy atom. The van der Waals surface area contributed by atoms with Gasteiger partial charge in [-0.3, -0.25) is 14.6 Å². The topological polar surface area (TPSA) is 62.3 Å². The SMILES string of the molecule is CN1CC(NC(=O)c2cc(Cl)ccn2)CCC1=O. The van der Waals surface area contributed by atoms with Gasteiger partial charge < -0.3 is 10.2 Å². The normalized spacial score (nSPS) is 19.8. The fraction of sp³-hybridized carbons (Fsp3) is 0.417. The Bertz CT molecular complexity index is 478. The number of likely N-dealkylation sites (N-methyl/N-ethyl adjacent to an activating group) is 1. The lowest BCUT2D eigenvalue weighted by Gasteiger charge is -2.30. The molecule has 0 aliphatic carbocycles. The van der Waals surface area contributed by atoms with E-state index in [1.165, 1.54) is 12.3 Å². The third-order valence-corrected chi connectivity index (χ3v) is 3.15. The molecule has 0 spiro atoms. The minimum atomic E-state index is -0.259. The molecule has 0 radical (unpaired) electrons. The summed E-state index contributed by atoms with van der Waals surface area (Å²) in [5.74, 6) is -0.147. The summed E-state index contributed by atoms with van der Waals surface area (Å²) >= 11 is 5.80. The Labute approximate surface area is 110 Å². The minimum Gasteiger partial charge on any atom is -0.346 e. The van der Waals surface area contributed by atoms with Gasteiger partial charge in [0.2, 0.25) is 5.91 Å². The van der Waals surface area contributed by atoms with Gasteiger partial charge in [-0.1, -0.05) is 11.6 Å². The van der Waals surface area contributed by atoms with Crippen LogP contribution in [0.2, 0.25) is 5.02 Å². The first kappa shape index (κ1) is 12.8. The maximum Gasteiger partial charge on any atom is 0.270 e. The number of carbonyl (C=O) groups is 2. The van der Waals surface area contributed by atoms with E-state index >= 15 is 0 Å². The Balaban J connectivity index is 1.98. The highest BCUT2D eigenvalue weighted by atomic mass is 35.5. The fourth-order valence-corrected chi connectivity index (χ4v) is 2.08. The van der Waals surface area contributed by atoms with Crippen LogP contribution in [0.15, 0.2) is 18.3 Å². The van der Waals surface area contributed by atoms with Crippen LogP contribution in [0, 0.1) is 0 Å². The van der Waals surface area contributed by atoms with E-state index in [-0.39, 0.29) is 17.9 Å². The first-order valence-electron chi connectivity index (χ1n) is 5.72. The predicted octanol–water partition coefficient (Wildman–Crippen LogP) is 1.09. The second kappa shape index (κ2) is 5.35. The van der Waals surface area contributed by atoms with Gasteiger partial charge in [-0.2, -0.15) is 0 Å². The quantitative estimate of drug-likeness (QED) is 0.872. The first-order valence-corrected chi connectivity index (χ1v) is 6.10. The third-order valence-electron chi connectivity index (χ3n) is 2.92. The average molecular weight is 268 g/mol. The van der Waals surface area contributed by atoms with E-state index < -0.39 is 0 Å². The molecule has 1 atom stereocenters. The molecule has 2 rings (SSSR count). The van der Waals surface area contributed by atoms with Gasteiger partial charge >= 0.3 is 0 Å². The van der Waals surface area contributed by atoms with Crippen molar-refractivity contribution < 1.29 is 9.59 Å². The van der Waals surface area contributed by atoms with E-state index in [2.05, 4.69) is 10.3 Å². The molecule has 2 heterocycles. The summed E-state index contributed by atoms with van der Waals surface area (Å²) in [4.78, 5) is 28.8. The highest BCUT2D eigenvalue weighted by Crippen LogP contribution is 2.11. The summed E-state index contributed by atoms with van der Waals surface area (Å²) in [6.07, 6.45) is 2.62. The van der Waals surface area contributed by atoms with E-state index in [0.717, 1.165) is 0 Å². The van der Waals surface area contributed by atoms with Gasteiger partial charge in [0, 0.05) is 37.3 Å². The van der Waals surface area contributed by atoms with Crippen LogP contribution >= 0.6 is 11.6 Å². The smallest absolute Gasteiger partial charge is 0.270 e. The van der Waals surface area contributed by atoms with E-state index in [1.807, 2.05) is 0 Å². The number of nitrogens with one attached hydrogen (secondary N) is 1. The molecule has 1 saturated heterocycles. The zero-order valence-electron chi connectivity index (χ0n) is 10.0. The summed E-state index contributed by atoms with van der Waals surface area (Å²) in [5, 5.41) is 3.34. The van der Waals surface area contributed by atoms with Crippen molar-refractivity contribution >= 4 is 23.4 Å². The van der Waals surface area contributed by atoms with Crippen molar-refractivity contribution in [3.63, 3.8) is 0 Å². The summed E-state index contributed by atoms with van der Waals surface area (Å²) in [5.41, 5.74) is 0.294. The van der Waals surface area contributed by atoms with E-state index in [1.54, 1.807) is 18.0 Å². The predicted molar refractivity (Wildman–Crippen MR) is 67.4 cm³/mol. The fourth-order valence-electron chi connectivity index (χ4n) is 1.92. The number of likely N-dealkylation sites (tertiary alicyclic amines) is 1. The molecule has 1 fully saturated rings. The van der Waals surface area contributed by atoms with Gasteiger partial charge in [-0.05, 0) is 18.6 Å². The second-order valence-corrected chi connectivity index (χ2v) is 4.78. The van der Waals surface area contributed by atoms with Crippen molar-refractivity contribution in [2.24, 2.45) is 0 Å². The van der Waals surface area contributed by atoms with Gasteiger partial charge in [0.25, 0.3) is 5.91 Å². The van der Waals surface area contributed by atoms with Crippen molar-refractivity contribution in [1.82, 2.24) is 15.2 Å². The lowest BCUT2D eigenvalue weighted by Crippen LogP contribution is -2.48. The zero-order chi connectivity index (χ0) is 13.1. The summed E-state index contributed by atoms with van der Waals surface area (Å²) in [6, 6.07) is 3.11. The lowest BCUT2D eigenvalue weighted by atomic mass is 10.1. The molecule has 5 nitrogen and oxygen atoms in total. The third kappa shape index (κ3) is 2.98. The van der Waals surface area contributed by atoms with Crippen LogP contribution < -0.4 is 5.32 Å². The van der Waals surface area contributed by atoms with Crippen molar-refractivity contribution in [2.45, 2.75) is 18.9 Å². The maximum absolute atomic E-state index is 11.9. The number of hydrogen-bond donors (Lipinski definition) is 1. The molecule has 1 aliphatic rings. The highest BCUT2D eigenvalue weighted by Gasteiger charge is 2.24. The molecule has 0 aromatic carbocycles. The molecular weight excluding hydrogens is 254 g/mol. The monoisotopic (exact) mass is 267 g/mol. The Kier molecular flexibility index (Phi) is 3.81. The van der Waals surface area contributed by atoms with E-state index in [0.29, 0.717) is 30.1 Å². The standard InChI is InChI=1S/C12H14ClN3O2/c1-16-7-9(2-3-11(16)17)15-12(18)10-6-8(13)4-5-14-10/h4-6,9H,2-3,7H2,1H3,(H,15,18). The molecule has 1 unspecified atom stereocenters. The molecule has 1 N–H and O–H groups in total. The van der Waals surface area contributed by atoms with Crippen molar-refractivity contribution in [3.8, 4) is 0 Å². The van der Waals surface area contributed by atoms with Crippen LogP contribution in [0.4, 0.5) is 0 Å². The van der Waals surface area contributed by atoms with E-state index in [9.17, 15) is 9.59 Å². The number of rotatable bonds is 2. The van der Waals surface area contributed by atoms with Crippen LogP contribution in [0.1, 0.15) is 23.3 Å². The molecule has 2 amide bonds. The molecule has 6 heteroatoms. The Hall–Kier alpha value is -1.62. The van der Waals surface area contributed by atoms with Crippen LogP contribution in [0.5, 0.6) is 0 Å². The maximum atomic E-state index is 11.9. The Morgan fingerprint density at radius 3 is 3.06 bits per heavy atom. The number of pyridine rings is 1. The number of hydrogen-bond acceptors (Lipinski definition) is 3. The molecular formula is C12H14ClN3O2. The first-order chi connectivity index (χ1) is 8.56. The van der Waals surface area contributed by atoms with Gasteiger partial charge in [0.1, 0.15) is 5.69 Å². The minimum absolute atomic E-state index is 0.0269. The van der Waals surface area contributed by atoms with Crippen molar-refractivity contribution in [3.05, 3.63) is 29.0 Å². The largest absolute Gasteiger partial charge is 0.346 e. The van der Waals surface area contributed by atoms with Crippen LogP contribution in [-0.2, 0) is 4.79 Å². The molecule has 0 bridgehead atoms. The molecule has 96 valence electrons. The number of piperidine rings is 1. The van der Waals surface area contributed by atoms with Gasteiger partial charge in [-0.25, -0.2) is 0 Å². The molecule has 1 aromatic rings. The Morgan fingerprint density at radius 2 is 2.39 bits per heavy atom. The van der Waals surface area contributed by atoms with Crippen LogP contribution in [0.25, 0.3) is 0 Å². The van der Waals surface area contributed by atoms with Crippen molar-refractivity contribution in [1.29, 1.82) is 0 Å². The van der Waals surface area contributed by atoms with E-state index in [4.69, 9.17) is 11.6 Å². The number of amides is 2. The van der Waals surface area contributed by atoms with Gasteiger partial charge in [-0.15, -0.1) is 0 Å². The summed E-state index contributed by atoms with van der Waals surface area (Å²) in [7, 11) is 1.73. The highest BCUT2D eigenvalue weighted by molar-refractivity contribution is 6.30. The van der Waals surface area contributed by atoms with Crippen LogP contribution in [0.3, 0.4) is 0 Å². The second-order valence-electron chi connectivity index (χ2n) is 4.34. The molecule has 1 aromatic heterocycles. The average Bonchev–Trinajstić information content (AvgIpc) is 2.34. The van der Waals surface area contributed by atoms with Crippen LogP contribution in [-0.4, -0.2) is 41.3 Å². The lowest BCUT2D eigenvalue weighted by molar-refractivity contribution is -0.132. The summed E-state index contributed by atoms with van der Waals surface area (Å²) < 4.78 is 0. The molecule has 18 heavy (non-hydrogen) atoms. The number of aromatic nitrogens is 1. The summed E-state index contributed by atoms with van der Waals surface area (Å²) in [6.45, 7) is 0.533. The van der Waals surface area contributed by atoms with Gasteiger partial charge in [0.15, 0.2) is 0 Å². The van der Waals surface area contributed by atoms with Gasteiger partial charge in [0.05, 0.1) is 0 Å². The number of carbonyl (C=O) groups excluding carboxylic acids is 2. The molecule has 0 saturated carbocycles. The van der Waals surface area contributed by atoms with Crippen molar-refractivity contribution in [2.75, 3.05) is 13.6 Å². The number of halogens is 1.